The predicted molar refractivity (Wildman–Crippen MR) is 67.5 cm³/mol. The van der Waals surface area contributed by atoms with Crippen LogP contribution in [0.15, 0.2) is 0 Å². The summed E-state index contributed by atoms with van der Waals surface area (Å²) in [6.45, 7) is 5.37. The molecule has 104 valence electrons. The Bertz CT molecular complexity index is 269. The van der Waals surface area contributed by atoms with Crippen LogP contribution in [-0.2, 0) is 14.3 Å². The summed E-state index contributed by atoms with van der Waals surface area (Å²) in [7, 11) is 2.07. The van der Waals surface area contributed by atoms with Gasteiger partial charge in [0, 0.05) is 38.6 Å². The number of likely N-dealkylation sites (N-methyl/N-ethyl adjacent to an activating group) is 1. The Morgan fingerprint density at radius 2 is 2.39 bits per heavy atom. The Balaban J connectivity index is 1.61. The SMILES string of the molecule is CN1CCOC(CNC(=O)CC2COCCN2)C1. The molecule has 18 heavy (non-hydrogen) atoms. The molecule has 6 heteroatoms. The van der Waals surface area contributed by atoms with Crippen molar-refractivity contribution in [3.63, 3.8) is 0 Å². The van der Waals surface area contributed by atoms with E-state index in [-0.39, 0.29) is 18.1 Å². The highest BCUT2D eigenvalue weighted by Gasteiger charge is 2.20. The van der Waals surface area contributed by atoms with Gasteiger partial charge < -0.3 is 25.0 Å². The van der Waals surface area contributed by atoms with Gasteiger partial charge in [-0.05, 0) is 7.05 Å². The van der Waals surface area contributed by atoms with Crippen LogP contribution in [0.2, 0.25) is 0 Å². The van der Waals surface area contributed by atoms with E-state index in [2.05, 4.69) is 22.6 Å². The fourth-order valence-corrected chi connectivity index (χ4v) is 2.26. The van der Waals surface area contributed by atoms with Crippen LogP contribution in [0.1, 0.15) is 6.42 Å². The van der Waals surface area contributed by atoms with Gasteiger partial charge in [-0.1, -0.05) is 0 Å². The van der Waals surface area contributed by atoms with E-state index in [0.29, 0.717) is 19.6 Å². The summed E-state index contributed by atoms with van der Waals surface area (Å²) in [4.78, 5) is 14.0. The molecule has 2 fully saturated rings. The zero-order valence-electron chi connectivity index (χ0n) is 11.0. The monoisotopic (exact) mass is 257 g/mol. The van der Waals surface area contributed by atoms with Crippen molar-refractivity contribution in [2.24, 2.45) is 0 Å². The molecule has 2 rings (SSSR count). The Morgan fingerprint density at radius 1 is 1.50 bits per heavy atom. The molecule has 2 unspecified atom stereocenters. The van der Waals surface area contributed by atoms with Crippen LogP contribution in [0.25, 0.3) is 0 Å². The summed E-state index contributed by atoms with van der Waals surface area (Å²) in [5.74, 6) is 0.0647. The third kappa shape index (κ3) is 4.53. The lowest BCUT2D eigenvalue weighted by Gasteiger charge is -2.30. The van der Waals surface area contributed by atoms with Crippen LogP contribution in [0.3, 0.4) is 0 Å². The third-order valence-electron chi connectivity index (χ3n) is 3.30. The number of hydrogen-bond acceptors (Lipinski definition) is 5. The zero-order valence-corrected chi connectivity index (χ0v) is 11.0. The number of nitrogens with zero attached hydrogens (tertiary/aromatic N) is 1. The van der Waals surface area contributed by atoms with Gasteiger partial charge in [-0.15, -0.1) is 0 Å². The molecule has 0 radical (unpaired) electrons. The highest BCUT2D eigenvalue weighted by molar-refractivity contribution is 5.76. The van der Waals surface area contributed by atoms with Crippen molar-refractivity contribution in [1.29, 1.82) is 0 Å². The van der Waals surface area contributed by atoms with Crippen LogP contribution in [-0.4, -0.2) is 76.0 Å². The fourth-order valence-electron chi connectivity index (χ4n) is 2.26. The molecule has 2 aliphatic heterocycles. The second-order valence-electron chi connectivity index (χ2n) is 4.99. The average molecular weight is 257 g/mol. The van der Waals surface area contributed by atoms with Crippen molar-refractivity contribution in [3.8, 4) is 0 Å². The van der Waals surface area contributed by atoms with E-state index in [0.717, 1.165) is 32.8 Å². The van der Waals surface area contributed by atoms with E-state index in [9.17, 15) is 4.79 Å². The molecule has 0 bridgehead atoms. The first kappa shape index (κ1) is 13.7. The average Bonchev–Trinajstić information content (AvgIpc) is 2.38. The summed E-state index contributed by atoms with van der Waals surface area (Å²) in [5, 5.41) is 6.20. The summed E-state index contributed by atoms with van der Waals surface area (Å²) in [6.07, 6.45) is 0.589. The Hall–Kier alpha value is -0.690. The lowest BCUT2D eigenvalue weighted by molar-refractivity contribution is -0.123. The first-order valence-corrected chi connectivity index (χ1v) is 6.62. The van der Waals surface area contributed by atoms with Crippen LogP contribution in [0.4, 0.5) is 0 Å². The predicted octanol–water partition coefficient (Wildman–Crippen LogP) is -1.19. The standard InChI is InChI=1S/C12H23N3O3/c1-15-3-5-18-11(8-15)7-14-12(16)6-10-9-17-4-2-13-10/h10-11,13H,2-9H2,1H3,(H,14,16). The minimum Gasteiger partial charge on any atom is -0.378 e. The number of morpholine rings is 2. The summed E-state index contributed by atoms with van der Waals surface area (Å²) in [5.41, 5.74) is 0. The maximum absolute atomic E-state index is 11.8. The second kappa shape index (κ2) is 7.04. The largest absolute Gasteiger partial charge is 0.378 e. The summed E-state index contributed by atoms with van der Waals surface area (Å²) >= 11 is 0. The first-order valence-electron chi connectivity index (χ1n) is 6.62. The van der Waals surface area contributed by atoms with E-state index in [1.165, 1.54) is 0 Å². The number of carbonyl (C=O) groups is 1. The summed E-state index contributed by atoms with van der Waals surface area (Å²) in [6, 6.07) is 0.147. The molecule has 1 amide bonds. The molecule has 0 aliphatic carbocycles. The third-order valence-corrected chi connectivity index (χ3v) is 3.30. The van der Waals surface area contributed by atoms with E-state index in [4.69, 9.17) is 9.47 Å². The van der Waals surface area contributed by atoms with Crippen LogP contribution >= 0.6 is 0 Å². The molecule has 0 saturated carbocycles. The van der Waals surface area contributed by atoms with Crippen molar-refractivity contribution in [2.45, 2.75) is 18.6 Å². The van der Waals surface area contributed by atoms with Crippen molar-refractivity contribution >= 4 is 5.91 Å². The van der Waals surface area contributed by atoms with Gasteiger partial charge in [0.25, 0.3) is 0 Å². The van der Waals surface area contributed by atoms with E-state index < -0.39 is 0 Å². The maximum atomic E-state index is 11.8. The molecule has 2 aliphatic rings. The highest BCUT2D eigenvalue weighted by atomic mass is 16.5. The lowest BCUT2D eigenvalue weighted by atomic mass is 10.2. The number of hydrogen-bond donors (Lipinski definition) is 2. The van der Waals surface area contributed by atoms with Gasteiger partial charge in [0.1, 0.15) is 0 Å². The van der Waals surface area contributed by atoms with Gasteiger partial charge >= 0.3 is 0 Å². The van der Waals surface area contributed by atoms with Gasteiger partial charge in [-0.25, -0.2) is 0 Å². The summed E-state index contributed by atoms with van der Waals surface area (Å²) < 4.78 is 10.9. The van der Waals surface area contributed by atoms with Crippen molar-refractivity contribution in [3.05, 3.63) is 0 Å². The van der Waals surface area contributed by atoms with E-state index in [1.54, 1.807) is 0 Å². The quantitative estimate of drug-likeness (QED) is 0.663. The molecule has 0 aromatic rings. The van der Waals surface area contributed by atoms with Crippen LogP contribution < -0.4 is 10.6 Å². The topological polar surface area (TPSA) is 62.8 Å². The number of amides is 1. The van der Waals surface area contributed by atoms with Crippen LogP contribution in [0, 0.1) is 0 Å². The number of nitrogens with one attached hydrogen (secondary N) is 2. The smallest absolute Gasteiger partial charge is 0.221 e. The second-order valence-corrected chi connectivity index (χ2v) is 4.99. The minimum absolute atomic E-state index is 0.0647. The van der Waals surface area contributed by atoms with Gasteiger partial charge in [0.2, 0.25) is 5.91 Å². The number of ether oxygens (including phenoxy) is 2. The molecule has 2 saturated heterocycles. The van der Waals surface area contributed by atoms with Crippen molar-refractivity contribution in [1.82, 2.24) is 15.5 Å². The molecular weight excluding hydrogens is 234 g/mol. The van der Waals surface area contributed by atoms with Crippen molar-refractivity contribution in [2.75, 3.05) is 53.0 Å². The van der Waals surface area contributed by atoms with Crippen LogP contribution in [0.5, 0.6) is 0 Å². The van der Waals surface area contributed by atoms with Gasteiger partial charge in [-0.3, -0.25) is 4.79 Å². The lowest BCUT2D eigenvalue weighted by Crippen LogP contribution is -2.48. The highest BCUT2D eigenvalue weighted by Crippen LogP contribution is 2.02. The van der Waals surface area contributed by atoms with Crippen molar-refractivity contribution < 1.29 is 14.3 Å². The molecule has 6 nitrogen and oxygen atoms in total. The van der Waals surface area contributed by atoms with E-state index >= 15 is 0 Å². The Kier molecular flexibility index (Phi) is 5.37. The van der Waals surface area contributed by atoms with Gasteiger partial charge in [-0.2, -0.15) is 0 Å². The molecule has 0 aromatic carbocycles. The number of carbonyl (C=O) groups excluding carboxylic acids is 1. The fraction of sp³-hybridized carbons (Fsp3) is 0.917. The molecule has 2 atom stereocenters. The van der Waals surface area contributed by atoms with Gasteiger partial charge in [0.05, 0.1) is 25.9 Å². The Labute approximate surface area is 108 Å². The van der Waals surface area contributed by atoms with E-state index in [1.807, 2.05) is 0 Å². The van der Waals surface area contributed by atoms with Gasteiger partial charge in [0.15, 0.2) is 0 Å². The normalized spacial score (nSPS) is 30.1. The maximum Gasteiger partial charge on any atom is 0.221 e. The first-order chi connectivity index (χ1) is 8.74. The molecule has 2 heterocycles. The molecular formula is C12H23N3O3. The Morgan fingerprint density at radius 3 is 3.11 bits per heavy atom. The molecule has 0 aromatic heterocycles. The minimum atomic E-state index is 0.0647. The zero-order chi connectivity index (χ0) is 12.8. The molecule has 2 N–H and O–H groups in total. The molecule has 0 spiro atoms. The number of rotatable bonds is 4.